The number of hydrogen-bond acceptors (Lipinski definition) is 8. The van der Waals surface area contributed by atoms with Crippen molar-refractivity contribution in [3.8, 4) is 22.9 Å². The molecule has 0 unspecified atom stereocenters. The monoisotopic (exact) mass is 433 g/mol. The van der Waals surface area contributed by atoms with Gasteiger partial charge in [0.2, 0.25) is 5.95 Å². The van der Waals surface area contributed by atoms with Crippen molar-refractivity contribution in [3.05, 3.63) is 66.5 Å². The topological polar surface area (TPSA) is 115 Å². The van der Waals surface area contributed by atoms with Crippen molar-refractivity contribution in [1.82, 2.24) is 14.9 Å². The third-order valence-corrected chi connectivity index (χ3v) is 4.96. The fourth-order valence-electron chi connectivity index (χ4n) is 3.23. The highest BCUT2D eigenvalue weighted by molar-refractivity contribution is 5.63. The van der Waals surface area contributed by atoms with E-state index in [-0.39, 0.29) is 6.54 Å². The van der Waals surface area contributed by atoms with E-state index in [1.165, 1.54) is 0 Å². The summed E-state index contributed by atoms with van der Waals surface area (Å²) in [6.07, 6.45) is 3.24. The van der Waals surface area contributed by atoms with Gasteiger partial charge in [0.05, 0.1) is 13.2 Å². The van der Waals surface area contributed by atoms with Crippen LogP contribution < -0.4 is 10.1 Å². The molecule has 0 saturated heterocycles. The molecule has 0 atom stereocenters. The number of hydrogen-bond donors (Lipinski definition) is 3. The number of aromatic nitrogens is 2. The standard InChI is InChI=1S/C24H27N5O3/c1-32-22-9-5-19(6-10-22)20-15-26-24(27-16-20)28-21-7-3-18(4-8-21)11-14-29(13-2-12-25)17-23(30)31/h3-10,15-16,23,30-31H,2,11,13-14,17H2,1H3,(H,26,27,28). The van der Waals surface area contributed by atoms with Crippen LogP contribution in [-0.4, -0.2) is 58.1 Å². The summed E-state index contributed by atoms with van der Waals surface area (Å²) in [4.78, 5) is 10.7. The first kappa shape index (κ1) is 23.2. The second-order valence-electron chi connectivity index (χ2n) is 7.29. The quantitative estimate of drug-likeness (QED) is 0.396. The summed E-state index contributed by atoms with van der Waals surface area (Å²) < 4.78 is 5.18. The van der Waals surface area contributed by atoms with Crippen LogP contribution in [0.25, 0.3) is 11.1 Å². The zero-order chi connectivity index (χ0) is 22.8. The minimum absolute atomic E-state index is 0.130. The fourth-order valence-corrected chi connectivity index (χ4v) is 3.23. The molecule has 0 radical (unpaired) electrons. The van der Waals surface area contributed by atoms with Gasteiger partial charge in [-0.25, -0.2) is 9.97 Å². The molecule has 3 aromatic rings. The van der Waals surface area contributed by atoms with Crippen LogP contribution in [0.5, 0.6) is 5.75 Å². The van der Waals surface area contributed by atoms with E-state index in [9.17, 15) is 10.2 Å². The molecule has 0 aliphatic carbocycles. The van der Waals surface area contributed by atoms with Crippen LogP contribution in [0.3, 0.4) is 0 Å². The SMILES string of the molecule is COc1ccc(-c2cnc(Nc3ccc(CCN(CCC#N)CC(O)O)cc3)nc2)cc1. The average Bonchev–Trinajstić information content (AvgIpc) is 2.82. The van der Waals surface area contributed by atoms with Gasteiger partial charge >= 0.3 is 0 Å². The number of nitrogens with one attached hydrogen (secondary N) is 1. The molecule has 0 spiro atoms. The molecule has 1 aromatic heterocycles. The summed E-state index contributed by atoms with van der Waals surface area (Å²) in [6.45, 7) is 1.28. The van der Waals surface area contributed by atoms with Crippen LogP contribution in [0.4, 0.5) is 11.6 Å². The first-order valence-electron chi connectivity index (χ1n) is 10.4. The molecule has 8 nitrogen and oxygen atoms in total. The minimum Gasteiger partial charge on any atom is -0.497 e. The number of nitrogens with zero attached hydrogens (tertiary/aromatic N) is 4. The van der Waals surface area contributed by atoms with Crippen LogP contribution in [0.1, 0.15) is 12.0 Å². The van der Waals surface area contributed by atoms with Gasteiger partial charge in [-0.05, 0) is 41.8 Å². The number of benzene rings is 2. The molecule has 32 heavy (non-hydrogen) atoms. The molecule has 166 valence electrons. The van der Waals surface area contributed by atoms with Crippen LogP contribution in [0, 0.1) is 11.3 Å². The van der Waals surface area contributed by atoms with Gasteiger partial charge < -0.3 is 20.3 Å². The van der Waals surface area contributed by atoms with E-state index in [1.54, 1.807) is 19.5 Å². The predicted molar refractivity (Wildman–Crippen MR) is 122 cm³/mol. The molecule has 8 heteroatoms. The zero-order valence-corrected chi connectivity index (χ0v) is 18.0. The Morgan fingerprint density at radius 1 is 1.00 bits per heavy atom. The Balaban J connectivity index is 1.55. The van der Waals surface area contributed by atoms with E-state index in [0.717, 1.165) is 34.5 Å². The summed E-state index contributed by atoms with van der Waals surface area (Å²) >= 11 is 0. The Labute approximate surface area is 187 Å². The van der Waals surface area contributed by atoms with E-state index in [2.05, 4.69) is 21.4 Å². The van der Waals surface area contributed by atoms with Crippen molar-refractivity contribution in [2.75, 3.05) is 32.1 Å². The minimum atomic E-state index is -1.41. The van der Waals surface area contributed by atoms with Crippen LogP contribution in [-0.2, 0) is 6.42 Å². The van der Waals surface area contributed by atoms with Gasteiger partial charge in [-0.3, -0.25) is 4.90 Å². The predicted octanol–water partition coefficient (Wildman–Crippen LogP) is 2.96. The summed E-state index contributed by atoms with van der Waals surface area (Å²) in [5.74, 6) is 1.31. The molecule has 3 N–H and O–H groups in total. The summed E-state index contributed by atoms with van der Waals surface area (Å²) in [7, 11) is 1.64. The van der Waals surface area contributed by atoms with Gasteiger partial charge in [0.25, 0.3) is 0 Å². The maximum Gasteiger partial charge on any atom is 0.227 e. The Hall–Kier alpha value is -3.51. The van der Waals surface area contributed by atoms with E-state index < -0.39 is 6.29 Å². The molecule has 0 fully saturated rings. The number of ether oxygens (including phenoxy) is 1. The van der Waals surface area contributed by atoms with Crippen molar-refractivity contribution >= 4 is 11.6 Å². The molecular weight excluding hydrogens is 406 g/mol. The Morgan fingerprint density at radius 2 is 1.69 bits per heavy atom. The van der Waals surface area contributed by atoms with Gasteiger partial charge in [0.1, 0.15) is 5.75 Å². The number of methoxy groups -OCH3 is 1. The third-order valence-electron chi connectivity index (χ3n) is 4.96. The molecule has 0 bridgehead atoms. The van der Waals surface area contributed by atoms with Gasteiger partial charge in [-0.1, -0.05) is 24.3 Å². The fraction of sp³-hybridized carbons (Fsp3) is 0.292. The van der Waals surface area contributed by atoms with Gasteiger partial charge in [-0.15, -0.1) is 0 Å². The highest BCUT2D eigenvalue weighted by Crippen LogP contribution is 2.22. The number of anilines is 2. The first-order valence-corrected chi connectivity index (χ1v) is 10.4. The van der Waals surface area contributed by atoms with Crippen LogP contribution >= 0.6 is 0 Å². The number of aliphatic hydroxyl groups excluding tert-OH is 1. The van der Waals surface area contributed by atoms with E-state index in [1.807, 2.05) is 53.4 Å². The highest BCUT2D eigenvalue weighted by Gasteiger charge is 2.09. The Kier molecular flexibility index (Phi) is 8.52. The summed E-state index contributed by atoms with van der Waals surface area (Å²) in [5.41, 5.74) is 3.92. The molecular formula is C24H27N5O3. The highest BCUT2D eigenvalue weighted by atomic mass is 16.5. The molecule has 0 amide bonds. The van der Waals surface area contributed by atoms with E-state index in [0.29, 0.717) is 25.5 Å². The van der Waals surface area contributed by atoms with Crippen molar-refractivity contribution in [1.29, 1.82) is 5.26 Å². The lowest BCUT2D eigenvalue weighted by molar-refractivity contribution is -0.0607. The normalized spacial score (nSPS) is 10.9. The molecule has 0 aliphatic heterocycles. The van der Waals surface area contributed by atoms with E-state index in [4.69, 9.17) is 10.00 Å². The zero-order valence-electron chi connectivity index (χ0n) is 18.0. The molecule has 2 aromatic carbocycles. The smallest absolute Gasteiger partial charge is 0.227 e. The lowest BCUT2D eigenvalue weighted by Gasteiger charge is -2.22. The van der Waals surface area contributed by atoms with Crippen molar-refractivity contribution < 1.29 is 14.9 Å². The first-order chi connectivity index (χ1) is 15.6. The van der Waals surface area contributed by atoms with Gasteiger partial charge in [0.15, 0.2) is 6.29 Å². The average molecular weight is 434 g/mol. The lowest BCUT2D eigenvalue weighted by atomic mass is 10.1. The summed E-state index contributed by atoms with van der Waals surface area (Å²) in [6, 6.07) is 17.7. The maximum absolute atomic E-state index is 9.20. The number of rotatable bonds is 11. The Morgan fingerprint density at radius 3 is 2.28 bits per heavy atom. The second kappa shape index (κ2) is 11.8. The van der Waals surface area contributed by atoms with Crippen molar-refractivity contribution in [2.45, 2.75) is 19.1 Å². The van der Waals surface area contributed by atoms with Crippen molar-refractivity contribution in [3.63, 3.8) is 0 Å². The molecule has 1 heterocycles. The molecule has 0 saturated carbocycles. The van der Waals surface area contributed by atoms with Gasteiger partial charge in [0, 0.05) is 49.7 Å². The van der Waals surface area contributed by atoms with Crippen molar-refractivity contribution in [2.24, 2.45) is 0 Å². The Bertz CT molecular complexity index is 1000. The van der Waals surface area contributed by atoms with E-state index >= 15 is 0 Å². The molecule has 3 rings (SSSR count). The van der Waals surface area contributed by atoms with Crippen LogP contribution in [0.15, 0.2) is 60.9 Å². The largest absolute Gasteiger partial charge is 0.497 e. The number of aliphatic hydroxyl groups is 2. The van der Waals surface area contributed by atoms with Gasteiger partial charge in [-0.2, -0.15) is 5.26 Å². The lowest BCUT2D eigenvalue weighted by Crippen LogP contribution is -2.34. The maximum atomic E-state index is 9.20. The van der Waals surface area contributed by atoms with Crippen LogP contribution in [0.2, 0.25) is 0 Å². The summed E-state index contributed by atoms with van der Waals surface area (Å²) in [5, 5.41) is 30.4. The number of nitriles is 1. The molecule has 0 aliphatic rings. The third kappa shape index (κ3) is 7.03. The second-order valence-corrected chi connectivity index (χ2v) is 7.29.